The lowest BCUT2D eigenvalue weighted by molar-refractivity contribution is -0.142. The summed E-state index contributed by atoms with van der Waals surface area (Å²) >= 11 is 0. The number of fused-ring (bicyclic) bond motifs is 3. The fraction of sp³-hybridized carbons (Fsp3) is 0.346. The quantitative estimate of drug-likeness (QED) is 0.506. The van der Waals surface area contributed by atoms with E-state index in [0.29, 0.717) is 12.8 Å². The molecule has 2 aliphatic rings. The molecule has 7 nitrogen and oxygen atoms in total. The lowest BCUT2D eigenvalue weighted by atomic mass is 9.78. The summed E-state index contributed by atoms with van der Waals surface area (Å²) in [6.07, 6.45) is 2.76. The predicted molar refractivity (Wildman–Crippen MR) is 124 cm³/mol. The number of nitrogens with one attached hydrogen (secondary N) is 2. The highest BCUT2D eigenvalue weighted by Crippen LogP contribution is 2.44. The molecule has 0 bridgehead atoms. The number of hydrogen-bond donors (Lipinski definition) is 3. The molecular formula is C26H28N2O5. The van der Waals surface area contributed by atoms with Crippen molar-refractivity contribution < 1.29 is 24.2 Å². The molecule has 0 spiro atoms. The molecule has 2 amide bonds. The van der Waals surface area contributed by atoms with Crippen LogP contribution in [0, 0.1) is 5.92 Å². The van der Waals surface area contributed by atoms with Crippen LogP contribution in [0.25, 0.3) is 11.1 Å². The van der Waals surface area contributed by atoms with Crippen LogP contribution in [0.2, 0.25) is 0 Å². The van der Waals surface area contributed by atoms with E-state index in [9.17, 15) is 14.4 Å². The third-order valence-electron chi connectivity index (χ3n) is 6.41. The number of hydrogen-bond acceptors (Lipinski definition) is 4. The van der Waals surface area contributed by atoms with Gasteiger partial charge >= 0.3 is 12.1 Å². The first kappa shape index (κ1) is 22.6. The molecule has 33 heavy (non-hydrogen) atoms. The number of carboxylic acid groups (broad SMARTS) is 1. The van der Waals surface area contributed by atoms with E-state index in [1.807, 2.05) is 24.3 Å². The van der Waals surface area contributed by atoms with E-state index in [2.05, 4.69) is 41.5 Å². The van der Waals surface area contributed by atoms with Crippen molar-refractivity contribution in [2.75, 3.05) is 6.61 Å². The molecule has 1 saturated carbocycles. The van der Waals surface area contributed by atoms with Crippen LogP contribution in [0.5, 0.6) is 0 Å². The first-order valence-electron chi connectivity index (χ1n) is 11.2. The first-order chi connectivity index (χ1) is 16.0. The minimum absolute atomic E-state index is 0.0127. The van der Waals surface area contributed by atoms with Gasteiger partial charge in [0, 0.05) is 18.4 Å². The van der Waals surface area contributed by atoms with Gasteiger partial charge in [-0.15, -0.1) is 6.58 Å². The molecule has 2 aromatic carbocycles. The average Bonchev–Trinajstić information content (AvgIpc) is 3.09. The van der Waals surface area contributed by atoms with Crippen molar-refractivity contribution in [2.24, 2.45) is 5.92 Å². The van der Waals surface area contributed by atoms with Gasteiger partial charge in [0.25, 0.3) is 0 Å². The van der Waals surface area contributed by atoms with Crippen molar-refractivity contribution in [3.8, 4) is 11.1 Å². The maximum Gasteiger partial charge on any atom is 0.407 e. The second-order valence-electron chi connectivity index (χ2n) is 8.69. The molecule has 0 heterocycles. The molecule has 1 unspecified atom stereocenters. The van der Waals surface area contributed by atoms with Crippen molar-refractivity contribution in [3.63, 3.8) is 0 Å². The SMILES string of the molecule is C=CCC(NC(=O)CC1CC(NC(=O)OCC2c3ccccc3-c3ccccc32)C1)C(=O)O. The highest BCUT2D eigenvalue weighted by molar-refractivity contribution is 5.84. The number of amides is 2. The Morgan fingerprint density at radius 2 is 1.67 bits per heavy atom. The Bertz CT molecular complexity index is 1010. The van der Waals surface area contributed by atoms with Crippen molar-refractivity contribution in [3.05, 3.63) is 72.3 Å². The van der Waals surface area contributed by atoms with E-state index < -0.39 is 18.1 Å². The van der Waals surface area contributed by atoms with Crippen molar-refractivity contribution in [2.45, 2.75) is 43.7 Å². The fourth-order valence-corrected chi connectivity index (χ4v) is 4.73. The van der Waals surface area contributed by atoms with Gasteiger partial charge in [0.1, 0.15) is 12.6 Å². The molecule has 172 valence electrons. The Labute approximate surface area is 192 Å². The standard InChI is InChI=1S/C26H28N2O5/c1-2-7-23(25(30)31)28-24(29)14-16-12-17(13-16)27-26(32)33-15-22-20-10-5-3-8-18(20)19-9-4-6-11-21(19)22/h2-6,8-11,16-17,22-23H,1,7,12-15H2,(H,27,32)(H,28,29)(H,30,31). The van der Waals surface area contributed by atoms with Crippen LogP contribution in [0.3, 0.4) is 0 Å². The van der Waals surface area contributed by atoms with Crippen LogP contribution in [-0.4, -0.2) is 41.8 Å². The predicted octanol–water partition coefficient (Wildman–Crippen LogP) is 3.84. The summed E-state index contributed by atoms with van der Waals surface area (Å²) in [7, 11) is 0. The van der Waals surface area contributed by atoms with Crippen LogP contribution >= 0.6 is 0 Å². The van der Waals surface area contributed by atoms with Crippen LogP contribution in [-0.2, 0) is 14.3 Å². The highest BCUT2D eigenvalue weighted by Gasteiger charge is 2.34. The Morgan fingerprint density at radius 1 is 1.06 bits per heavy atom. The number of ether oxygens (including phenoxy) is 1. The maximum absolute atomic E-state index is 12.4. The number of alkyl carbamates (subject to hydrolysis) is 1. The Morgan fingerprint density at radius 3 is 2.24 bits per heavy atom. The summed E-state index contributed by atoms with van der Waals surface area (Å²) < 4.78 is 5.56. The molecule has 7 heteroatoms. The molecule has 0 aliphatic heterocycles. The topological polar surface area (TPSA) is 105 Å². The minimum Gasteiger partial charge on any atom is -0.480 e. The van der Waals surface area contributed by atoms with Gasteiger partial charge in [0.2, 0.25) is 5.91 Å². The summed E-state index contributed by atoms with van der Waals surface area (Å²) in [5.41, 5.74) is 4.69. The molecule has 1 fully saturated rings. The zero-order valence-electron chi connectivity index (χ0n) is 18.3. The first-order valence-corrected chi connectivity index (χ1v) is 11.2. The summed E-state index contributed by atoms with van der Waals surface area (Å²) in [5, 5.41) is 14.5. The maximum atomic E-state index is 12.4. The Kier molecular flexibility index (Phi) is 6.77. The lowest BCUT2D eigenvalue weighted by Gasteiger charge is -2.35. The van der Waals surface area contributed by atoms with E-state index in [1.165, 1.54) is 17.2 Å². The molecule has 0 saturated heterocycles. The number of carboxylic acids is 1. The normalized spacial score (nSPS) is 19.4. The van der Waals surface area contributed by atoms with Gasteiger partial charge in [0.05, 0.1) is 0 Å². The van der Waals surface area contributed by atoms with E-state index in [0.717, 1.165) is 11.1 Å². The van der Waals surface area contributed by atoms with E-state index in [-0.39, 0.29) is 43.2 Å². The van der Waals surface area contributed by atoms with Crippen molar-refractivity contribution in [1.29, 1.82) is 0 Å². The van der Waals surface area contributed by atoms with Crippen molar-refractivity contribution in [1.82, 2.24) is 10.6 Å². The number of rotatable bonds is 9. The molecule has 3 N–H and O–H groups in total. The van der Waals surface area contributed by atoms with Gasteiger partial charge in [-0.3, -0.25) is 4.79 Å². The summed E-state index contributed by atoms with van der Waals surface area (Å²) in [4.78, 5) is 35.6. The summed E-state index contributed by atoms with van der Waals surface area (Å²) in [6.45, 7) is 3.77. The third kappa shape index (κ3) is 5.08. The zero-order chi connectivity index (χ0) is 23.4. The molecule has 1 atom stereocenters. The molecule has 0 aromatic heterocycles. The van der Waals surface area contributed by atoms with Crippen LogP contribution in [0.1, 0.15) is 42.7 Å². The van der Waals surface area contributed by atoms with Crippen LogP contribution < -0.4 is 10.6 Å². The molecule has 2 aromatic rings. The van der Waals surface area contributed by atoms with Crippen LogP contribution in [0.15, 0.2) is 61.2 Å². The van der Waals surface area contributed by atoms with Crippen molar-refractivity contribution >= 4 is 18.0 Å². The number of benzene rings is 2. The number of aliphatic carboxylic acids is 1. The molecule has 0 radical (unpaired) electrons. The molecular weight excluding hydrogens is 420 g/mol. The Hall–Kier alpha value is -3.61. The van der Waals surface area contributed by atoms with Gasteiger partial charge in [0.15, 0.2) is 0 Å². The van der Waals surface area contributed by atoms with Gasteiger partial charge in [-0.25, -0.2) is 9.59 Å². The number of carbonyl (C=O) groups is 3. The van der Waals surface area contributed by atoms with E-state index in [1.54, 1.807) is 0 Å². The molecule has 4 rings (SSSR count). The second kappa shape index (κ2) is 9.90. The zero-order valence-corrected chi connectivity index (χ0v) is 18.3. The monoisotopic (exact) mass is 448 g/mol. The summed E-state index contributed by atoms with van der Waals surface area (Å²) in [5.74, 6) is -1.25. The highest BCUT2D eigenvalue weighted by atomic mass is 16.5. The average molecular weight is 449 g/mol. The van der Waals surface area contributed by atoms with E-state index in [4.69, 9.17) is 9.84 Å². The lowest BCUT2D eigenvalue weighted by Crippen LogP contribution is -2.47. The fourth-order valence-electron chi connectivity index (χ4n) is 4.73. The Balaban J connectivity index is 1.22. The van der Waals surface area contributed by atoms with Gasteiger partial charge in [-0.1, -0.05) is 54.6 Å². The van der Waals surface area contributed by atoms with Gasteiger partial charge in [-0.05, 0) is 47.4 Å². The van der Waals surface area contributed by atoms with Gasteiger partial charge in [-0.2, -0.15) is 0 Å². The third-order valence-corrected chi connectivity index (χ3v) is 6.41. The smallest absolute Gasteiger partial charge is 0.407 e. The summed E-state index contributed by atoms with van der Waals surface area (Å²) in [6, 6.07) is 15.4. The second-order valence-corrected chi connectivity index (χ2v) is 8.69. The minimum atomic E-state index is -1.08. The number of carbonyl (C=O) groups excluding carboxylic acids is 2. The van der Waals surface area contributed by atoms with E-state index >= 15 is 0 Å². The van der Waals surface area contributed by atoms with Gasteiger partial charge < -0.3 is 20.5 Å². The largest absolute Gasteiger partial charge is 0.480 e. The molecule has 2 aliphatic carbocycles. The van der Waals surface area contributed by atoms with Crippen LogP contribution in [0.4, 0.5) is 4.79 Å².